The second kappa shape index (κ2) is 20.1. The Morgan fingerprint density at radius 2 is 1.47 bits per heavy atom. The third kappa shape index (κ3) is 13.7. The van der Waals surface area contributed by atoms with Crippen LogP contribution >= 0.6 is 0 Å². The predicted octanol–water partition coefficient (Wildman–Crippen LogP) is 6.98. The molecule has 1 fully saturated rings. The Morgan fingerprint density at radius 3 is 2.15 bits per heavy atom. The zero-order valence-corrected chi connectivity index (χ0v) is 29.4. The Hall–Kier alpha value is -5.20. The van der Waals surface area contributed by atoms with Gasteiger partial charge >= 0.3 is 12.1 Å². The monoisotopic (exact) mass is 733 g/mol. The van der Waals surface area contributed by atoms with Crippen molar-refractivity contribution in [1.29, 1.82) is 0 Å². The van der Waals surface area contributed by atoms with E-state index in [1.807, 2.05) is 89.8 Å². The van der Waals surface area contributed by atoms with Crippen molar-refractivity contribution >= 4 is 17.8 Å². The number of rotatable bonds is 14. The molecule has 0 bridgehead atoms. The van der Waals surface area contributed by atoms with Crippen molar-refractivity contribution in [3.63, 3.8) is 0 Å². The normalized spacial score (nSPS) is 15.5. The van der Waals surface area contributed by atoms with Gasteiger partial charge in [0.25, 0.3) is 5.91 Å². The largest absolute Gasteiger partial charge is 0.508 e. The minimum Gasteiger partial charge on any atom is -0.508 e. The van der Waals surface area contributed by atoms with E-state index in [2.05, 4.69) is 11.4 Å². The first kappa shape index (κ1) is 40.6. The lowest BCUT2D eigenvalue weighted by atomic mass is 9.81. The number of amides is 2. The number of aliphatic carboxylic acids is 1. The third-order valence-corrected chi connectivity index (χ3v) is 9.07. The standard InChI is InChI=1S/C39H45N3O4.C2HF3O2/c40-24-31-9-4-10-32(21-31)25-41-39(45)36-14-6-13-35(23-36)34-12-5-11-33(22-34)26-42(20-19-29-15-17-37(43)18-16-29)38(44)28-46-27-30-7-2-1-3-8-30;3-2(4,5)1(6)7/h1-3,5-8,11-18,22-23,31-32,43H,4,9-10,19-21,24-28,40H2,(H,41,45);(H,6,7). The first-order chi connectivity index (χ1) is 25.4. The molecule has 2 atom stereocenters. The van der Waals surface area contributed by atoms with Gasteiger partial charge in [0.1, 0.15) is 12.4 Å². The molecule has 2 unspecified atom stereocenters. The quantitative estimate of drug-likeness (QED) is 0.110. The van der Waals surface area contributed by atoms with Crippen LogP contribution in [0.3, 0.4) is 0 Å². The number of carbonyl (C=O) groups excluding carboxylic acids is 2. The number of nitrogens with two attached hydrogens (primary N) is 1. The Kier molecular flexibility index (Phi) is 15.4. The molecule has 12 heteroatoms. The maximum atomic E-state index is 13.4. The fraction of sp³-hybridized carbons (Fsp3) is 0.341. The Labute approximate surface area is 307 Å². The minimum atomic E-state index is -5.08. The Morgan fingerprint density at radius 1 is 0.830 bits per heavy atom. The van der Waals surface area contributed by atoms with Crippen LogP contribution in [-0.2, 0) is 33.9 Å². The SMILES string of the molecule is NCC1CCCC(CNC(=O)c2cccc(-c3cccc(CN(CCc4ccc(O)cc4)C(=O)COCc4ccccc4)c3)c2)C1.O=C(O)C(F)(F)F. The molecule has 1 aliphatic carbocycles. The summed E-state index contributed by atoms with van der Waals surface area (Å²) in [5, 5.41) is 19.9. The molecule has 5 N–H and O–H groups in total. The van der Waals surface area contributed by atoms with Crippen LogP contribution in [-0.4, -0.2) is 65.3 Å². The van der Waals surface area contributed by atoms with Crippen molar-refractivity contribution in [1.82, 2.24) is 10.2 Å². The van der Waals surface area contributed by atoms with Crippen LogP contribution in [0.2, 0.25) is 0 Å². The first-order valence-electron chi connectivity index (χ1n) is 17.6. The van der Waals surface area contributed by atoms with Crippen LogP contribution in [0.15, 0.2) is 103 Å². The van der Waals surface area contributed by atoms with Gasteiger partial charge < -0.3 is 30.9 Å². The number of nitrogens with zero attached hydrogens (tertiary/aromatic N) is 1. The minimum absolute atomic E-state index is 0.0188. The molecule has 0 saturated heterocycles. The molecule has 1 aliphatic rings. The summed E-state index contributed by atoms with van der Waals surface area (Å²) in [5.74, 6) is -1.65. The molecule has 0 spiro atoms. The van der Waals surface area contributed by atoms with E-state index < -0.39 is 12.1 Å². The smallest absolute Gasteiger partial charge is 0.490 e. The van der Waals surface area contributed by atoms with Gasteiger partial charge in [-0.05, 0) is 102 Å². The Balaban J connectivity index is 0.000000815. The number of phenolic OH excluding ortho intramolecular Hbond substituents is 1. The number of hydrogen-bond donors (Lipinski definition) is 4. The topological polar surface area (TPSA) is 142 Å². The second-order valence-electron chi connectivity index (χ2n) is 13.1. The van der Waals surface area contributed by atoms with Crippen LogP contribution in [0, 0.1) is 11.8 Å². The third-order valence-electron chi connectivity index (χ3n) is 9.07. The molecule has 282 valence electrons. The lowest BCUT2D eigenvalue weighted by molar-refractivity contribution is -0.192. The van der Waals surface area contributed by atoms with Gasteiger partial charge in [0.15, 0.2) is 0 Å². The van der Waals surface area contributed by atoms with Crippen LogP contribution in [0.4, 0.5) is 13.2 Å². The number of nitrogens with one attached hydrogen (secondary N) is 1. The number of benzene rings is 4. The summed E-state index contributed by atoms with van der Waals surface area (Å²) in [6.07, 6.45) is 0.146. The fourth-order valence-corrected chi connectivity index (χ4v) is 6.19. The van der Waals surface area contributed by atoms with Crippen molar-refractivity contribution in [2.75, 3.05) is 26.2 Å². The zero-order chi connectivity index (χ0) is 38.2. The number of halogens is 3. The molecule has 53 heavy (non-hydrogen) atoms. The molecule has 5 rings (SSSR count). The molecular formula is C41H46F3N3O6. The maximum absolute atomic E-state index is 13.4. The van der Waals surface area contributed by atoms with E-state index in [4.69, 9.17) is 20.4 Å². The van der Waals surface area contributed by atoms with Crippen molar-refractivity contribution in [2.45, 2.75) is 51.4 Å². The van der Waals surface area contributed by atoms with Crippen molar-refractivity contribution in [2.24, 2.45) is 17.6 Å². The highest BCUT2D eigenvalue weighted by Crippen LogP contribution is 2.28. The maximum Gasteiger partial charge on any atom is 0.490 e. The van der Waals surface area contributed by atoms with E-state index in [-0.39, 0.29) is 24.2 Å². The van der Waals surface area contributed by atoms with E-state index in [1.165, 1.54) is 12.8 Å². The highest BCUT2D eigenvalue weighted by atomic mass is 19.4. The summed E-state index contributed by atoms with van der Waals surface area (Å²) in [6.45, 7) is 2.67. The Bertz CT molecular complexity index is 1770. The molecule has 9 nitrogen and oxygen atoms in total. The lowest BCUT2D eigenvalue weighted by Gasteiger charge is -2.28. The van der Waals surface area contributed by atoms with E-state index in [1.54, 1.807) is 12.1 Å². The van der Waals surface area contributed by atoms with Gasteiger partial charge in [-0.1, -0.05) is 79.2 Å². The molecular weight excluding hydrogens is 687 g/mol. The summed E-state index contributed by atoms with van der Waals surface area (Å²) in [7, 11) is 0. The highest BCUT2D eigenvalue weighted by molar-refractivity contribution is 5.95. The summed E-state index contributed by atoms with van der Waals surface area (Å²) in [6, 6.07) is 32.7. The van der Waals surface area contributed by atoms with Crippen LogP contribution in [0.1, 0.15) is 52.7 Å². The number of carbonyl (C=O) groups is 3. The molecule has 0 aromatic heterocycles. The van der Waals surface area contributed by atoms with Gasteiger partial charge in [-0.3, -0.25) is 9.59 Å². The van der Waals surface area contributed by atoms with Crippen molar-refractivity contribution in [3.8, 4) is 16.9 Å². The zero-order valence-electron chi connectivity index (χ0n) is 29.4. The number of hydrogen-bond acceptors (Lipinski definition) is 6. The molecule has 4 aromatic rings. The van der Waals surface area contributed by atoms with E-state index in [0.717, 1.165) is 47.2 Å². The molecule has 1 saturated carbocycles. The lowest BCUT2D eigenvalue weighted by Crippen LogP contribution is -2.35. The van der Waals surface area contributed by atoms with Gasteiger partial charge in [-0.25, -0.2) is 4.79 Å². The summed E-state index contributed by atoms with van der Waals surface area (Å²) >= 11 is 0. The van der Waals surface area contributed by atoms with Gasteiger partial charge in [0, 0.05) is 25.2 Å². The van der Waals surface area contributed by atoms with E-state index in [0.29, 0.717) is 50.1 Å². The van der Waals surface area contributed by atoms with Gasteiger partial charge in [0.05, 0.1) is 6.61 Å². The predicted molar refractivity (Wildman–Crippen MR) is 196 cm³/mol. The van der Waals surface area contributed by atoms with Crippen LogP contribution in [0.25, 0.3) is 11.1 Å². The number of aromatic hydroxyl groups is 1. The van der Waals surface area contributed by atoms with Gasteiger partial charge in [-0.15, -0.1) is 0 Å². The van der Waals surface area contributed by atoms with E-state index >= 15 is 0 Å². The molecule has 0 heterocycles. The summed E-state index contributed by atoms with van der Waals surface area (Å²) < 4.78 is 37.5. The fourth-order valence-electron chi connectivity index (χ4n) is 6.19. The van der Waals surface area contributed by atoms with Crippen LogP contribution < -0.4 is 11.1 Å². The average Bonchev–Trinajstić information content (AvgIpc) is 3.16. The molecule has 0 radical (unpaired) electrons. The number of carboxylic acids is 1. The molecule has 2 amide bonds. The van der Waals surface area contributed by atoms with Crippen LogP contribution in [0.5, 0.6) is 5.75 Å². The first-order valence-corrected chi connectivity index (χ1v) is 17.6. The number of alkyl halides is 3. The van der Waals surface area contributed by atoms with E-state index in [9.17, 15) is 27.9 Å². The van der Waals surface area contributed by atoms with Crippen molar-refractivity contribution < 1.29 is 42.5 Å². The summed E-state index contributed by atoms with van der Waals surface area (Å²) in [5.41, 5.74) is 11.5. The average molecular weight is 734 g/mol. The second-order valence-corrected chi connectivity index (χ2v) is 13.1. The summed E-state index contributed by atoms with van der Waals surface area (Å²) in [4.78, 5) is 37.2. The number of phenols is 1. The molecule has 0 aliphatic heterocycles. The molecule has 4 aromatic carbocycles. The van der Waals surface area contributed by atoms with Crippen molar-refractivity contribution in [3.05, 3.63) is 125 Å². The number of carboxylic acid groups (broad SMARTS) is 1. The van der Waals surface area contributed by atoms with Gasteiger partial charge in [0.2, 0.25) is 5.91 Å². The van der Waals surface area contributed by atoms with Gasteiger partial charge in [-0.2, -0.15) is 13.2 Å². The highest BCUT2D eigenvalue weighted by Gasteiger charge is 2.38. The number of ether oxygens (including phenoxy) is 1.